The molecule has 7 nitrogen and oxygen atoms in total. The highest BCUT2D eigenvalue weighted by atomic mass is 19.1. The van der Waals surface area contributed by atoms with Crippen LogP contribution in [0.5, 0.6) is 0 Å². The molecule has 1 aliphatic rings. The summed E-state index contributed by atoms with van der Waals surface area (Å²) in [7, 11) is 0. The van der Waals surface area contributed by atoms with Gasteiger partial charge in [0.05, 0.1) is 23.0 Å². The number of amides is 1. The number of rotatable bonds is 4. The Balaban J connectivity index is 2.01. The Hall–Kier alpha value is -3.29. The smallest absolute Gasteiger partial charge is 0.413 e. The Labute approximate surface area is 166 Å². The first kappa shape index (κ1) is 19.0. The highest BCUT2D eigenvalue weighted by Crippen LogP contribution is 2.55. The fourth-order valence-corrected chi connectivity index (χ4v) is 3.93. The third-order valence-corrected chi connectivity index (χ3v) is 5.70. The number of nitrogens with zero attached hydrogens (tertiary/aromatic N) is 4. The maximum atomic E-state index is 13.8. The molecule has 0 radical (unpaired) electrons. The van der Waals surface area contributed by atoms with Crippen LogP contribution in [-0.4, -0.2) is 37.6 Å². The van der Waals surface area contributed by atoms with E-state index in [-0.39, 0.29) is 22.4 Å². The first-order valence-electron chi connectivity index (χ1n) is 9.31. The molecule has 1 aromatic carbocycles. The summed E-state index contributed by atoms with van der Waals surface area (Å²) in [5.41, 5.74) is 0.396. The van der Waals surface area contributed by atoms with Crippen LogP contribution in [0.2, 0.25) is 0 Å². The normalized spacial score (nSPS) is 15.3. The molecule has 1 amide bonds. The molecule has 1 saturated carbocycles. The van der Waals surface area contributed by atoms with Crippen molar-refractivity contribution in [3.8, 4) is 11.3 Å². The van der Waals surface area contributed by atoms with E-state index in [2.05, 4.69) is 10.1 Å². The van der Waals surface area contributed by atoms with E-state index >= 15 is 0 Å². The van der Waals surface area contributed by atoms with E-state index in [0.29, 0.717) is 30.4 Å². The second kappa shape index (κ2) is 6.37. The number of hydrogen-bond donors (Lipinski definition) is 1. The van der Waals surface area contributed by atoms with Gasteiger partial charge in [-0.15, -0.1) is 0 Å². The summed E-state index contributed by atoms with van der Waals surface area (Å²) >= 11 is 0. The predicted molar refractivity (Wildman–Crippen MR) is 106 cm³/mol. The monoisotopic (exact) mass is 396 g/mol. The number of anilines is 1. The fourth-order valence-electron chi connectivity index (χ4n) is 3.93. The largest absolute Gasteiger partial charge is 0.465 e. The van der Waals surface area contributed by atoms with Crippen molar-refractivity contribution in [1.29, 1.82) is 0 Å². The number of aromatic nitrogens is 3. The van der Waals surface area contributed by atoms with Crippen molar-refractivity contribution >= 4 is 23.8 Å². The number of carbonyl (C=O) groups is 2. The van der Waals surface area contributed by atoms with Crippen molar-refractivity contribution in [2.75, 3.05) is 4.90 Å². The van der Waals surface area contributed by atoms with Crippen LogP contribution in [0.4, 0.5) is 15.0 Å². The Morgan fingerprint density at radius 2 is 2.03 bits per heavy atom. The summed E-state index contributed by atoms with van der Waals surface area (Å²) in [4.78, 5) is 29.7. The lowest BCUT2D eigenvalue weighted by molar-refractivity contribution is 0.112. The summed E-state index contributed by atoms with van der Waals surface area (Å²) in [5, 5.41) is 14.3. The molecule has 4 rings (SSSR count). The first-order chi connectivity index (χ1) is 13.7. The molecular weight excluding hydrogens is 375 g/mol. The molecule has 1 fully saturated rings. The number of hydrogen-bond acceptors (Lipinski definition) is 4. The zero-order valence-corrected chi connectivity index (χ0v) is 16.4. The SMILES string of the molecule is CC(C)(C)C1(N(C(=O)O)c2cc(-c3cccc(F)c3)nc3c(C=O)cnn23)CC1. The predicted octanol–water partition coefficient (Wildman–Crippen LogP) is 4.41. The summed E-state index contributed by atoms with van der Waals surface area (Å²) in [6.07, 6.45) is 2.28. The van der Waals surface area contributed by atoms with Gasteiger partial charge in [-0.3, -0.25) is 9.69 Å². The Bertz CT molecular complexity index is 1130. The average molecular weight is 396 g/mol. The lowest BCUT2D eigenvalue weighted by Gasteiger charge is -2.39. The van der Waals surface area contributed by atoms with Gasteiger partial charge in [0, 0.05) is 11.6 Å². The van der Waals surface area contributed by atoms with Gasteiger partial charge in [-0.25, -0.2) is 14.2 Å². The maximum Gasteiger partial charge on any atom is 0.413 e. The van der Waals surface area contributed by atoms with E-state index in [1.165, 1.54) is 27.7 Å². The quantitative estimate of drug-likeness (QED) is 0.660. The highest BCUT2D eigenvalue weighted by molar-refractivity contribution is 5.91. The molecule has 0 saturated heterocycles. The minimum atomic E-state index is -1.11. The van der Waals surface area contributed by atoms with Crippen LogP contribution in [0.25, 0.3) is 16.9 Å². The van der Waals surface area contributed by atoms with Crippen LogP contribution in [0.15, 0.2) is 36.5 Å². The molecular formula is C21H21FN4O3. The zero-order valence-electron chi connectivity index (χ0n) is 16.4. The summed E-state index contributed by atoms with van der Waals surface area (Å²) in [5.74, 6) is -0.152. The average Bonchev–Trinajstić information content (AvgIpc) is 3.34. The van der Waals surface area contributed by atoms with Gasteiger partial charge in [0.2, 0.25) is 0 Å². The van der Waals surface area contributed by atoms with Crippen molar-refractivity contribution in [2.45, 2.75) is 39.2 Å². The summed E-state index contributed by atoms with van der Waals surface area (Å²) in [6.45, 7) is 6.01. The van der Waals surface area contributed by atoms with Gasteiger partial charge in [0.25, 0.3) is 0 Å². The lowest BCUT2D eigenvalue weighted by atomic mass is 9.83. The lowest BCUT2D eigenvalue weighted by Crippen LogP contribution is -2.50. The maximum absolute atomic E-state index is 13.8. The number of benzene rings is 1. The van der Waals surface area contributed by atoms with E-state index in [4.69, 9.17) is 0 Å². The van der Waals surface area contributed by atoms with Crippen LogP contribution in [-0.2, 0) is 0 Å². The van der Waals surface area contributed by atoms with E-state index in [9.17, 15) is 19.1 Å². The van der Waals surface area contributed by atoms with Crippen LogP contribution in [0.3, 0.4) is 0 Å². The summed E-state index contributed by atoms with van der Waals surface area (Å²) in [6, 6.07) is 7.47. The van der Waals surface area contributed by atoms with Crippen molar-refractivity contribution < 1.29 is 19.1 Å². The van der Waals surface area contributed by atoms with Gasteiger partial charge in [-0.05, 0) is 30.4 Å². The van der Waals surface area contributed by atoms with E-state index in [0.717, 1.165) is 0 Å². The van der Waals surface area contributed by atoms with Gasteiger partial charge in [-0.1, -0.05) is 32.9 Å². The van der Waals surface area contributed by atoms with E-state index < -0.39 is 17.4 Å². The van der Waals surface area contributed by atoms with E-state index in [1.54, 1.807) is 18.2 Å². The first-order valence-corrected chi connectivity index (χ1v) is 9.31. The molecule has 29 heavy (non-hydrogen) atoms. The van der Waals surface area contributed by atoms with Crippen molar-refractivity contribution in [3.05, 3.63) is 47.9 Å². The number of fused-ring (bicyclic) bond motifs is 1. The third kappa shape index (κ3) is 2.95. The van der Waals surface area contributed by atoms with Crippen LogP contribution < -0.4 is 4.90 Å². The molecule has 2 heterocycles. The Kier molecular flexibility index (Phi) is 4.18. The second-order valence-corrected chi connectivity index (χ2v) is 8.36. The molecule has 3 aromatic rings. The Morgan fingerprint density at radius 3 is 2.59 bits per heavy atom. The molecule has 1 N–H and O–H groups in total. The third-order valence-electron chi connectivity index (χ3n) is 5.70. The van der Waals surface area contributed by atoms with Gasteiger partial charge < -0.3 is 5.11 Å². The fraction of sp³-hybridized carbons (Fsp3) is 0.333. The van der Waals surface area contributed by atoms with Crippen molar-refractivity contribution in [1.82, 2.24) is 14.6 Å². The molecule has 0 bridgehead atoms. The topological polar surface area (TPSA) is 87.8 Å². The zero-order chi connectivity index (χ0) is 21.0. The molecule has 2 aromatic heterocycles. The van der Waals surface area contributed by atoms with E-state index in [1.807, 2.05) is 20.8 Å². The minimum absolute atomic E-state index is 0.229. The molecule has 0 spiro atoms. The van der Waals surface area contributed by atoms with Crippen LogP contribution in [0, 0.1) is 11.2 Å². The second-order valence-electron chi connectivity index (χ2n) is 8.36. The number of carboxylic acid groups (broad SMARTS) is 1. The molecule has 0 atom stereocenters. The molecule has 1 aliphatic carbocycles. The minimum Gasteiger partial charge on any atom is -0.465 e. The molecule has 8 heteroatoms. The van der Waals surface area contributed by atoms with Crippen molar-refractivity contribution in [3.63, 3.8) is 0 Å². The number of halogens is 1. The van der Waals surface area contributed by atoms with Gasteiger partial charge in [0.1, 0.15) is 11.6 Å². The van der Waals surface area contributed by atoms with Crippen LogP contribution in [0.1, 0.15) is 44.0 Å². The number of aldehydes is 1. The highest BCUT2D eigenvalue weighted by Gasteiger charge is 2.59. The Morgan fingerprint density at radius 1 is 1.31 bits per heavy atom. The van der Waals surface area contributed by atoms with Gasteiger partial charge >= 0.3 is 6.09 Å². The van der Waals surface area contributed by atoms with Gasteiger partial charge in [0.15, 0.2) is 11.9 Å². The molecule has 150 valence electrons. The number of carbonyl (C=O) groups excluding carboxylic acids is 1. The standard InChI is InChI=1S/C21H21FN4O3/c1-20(2,3)21(7-8-21)25(19(28)29)17-10-16(13-5-4-6-15(22)9-13)24-18-14(12-27)11-23-26(17)18/h4-6,9-12H,7-8H2,1-3H3,(H,28,29). The molecule has 0 unspecified atom stereocenters. The molecule has 0 aliphatic heterocycles. The van der Waals surface area contributed by atoms with Crippen molar-refractivity contribution in [2.24, 2.45) is 5.41 Å². The van der Waals surface area contributed by atoms with Crippen LogP contribution >= 0.6 is 0 Å². The summed E-state index contributed by atoms with van der Waals surface area (Å²) < 4.78 is 15.2. The van der Waals surface area contributed by atoms with Gasteiger partial charge in [-0.2, -0.15) is 9.61 Å².